The van der Waals surface area contributed by atoms with Crippen LogP contribution in [0.25, 0.3) is 0 Å². The van der Waals surface area contributed by atoms with Gasteiger partial charge in [-0.3, -0.25) is 4.79 Å². The van der Waals surface area contributed by atoms with Crippen molar-refractivity contribution in [2.75, 3.05) is 28.6 Å². The first-order valence-corrected chi connectivity index (χ1v) is 9.66. The molecule has 1 fully saturated rings. The maximum atomic E-state index is 12.3. The van der Waals surface area contributed by atoms with Crippen molar-refractivity contribution in [2.45, 2.75) is 19.2 Å². The zero-order valence-electron chi connectivity index (χ0n) is 16.6. The molecule has 9 nitrogen and oxygen atoms in total. The quantitative estimate of drug-likeness (QED) is 0.580. The summed E-state index contributed by atoms with van der Waals surface area (Å²) < 4.78 is 45.7. The number of piperidine rings is 1. The maximum absolute atomic E-state index is 12.3. The monoisotopic (exact) mass is 447 g/mol. The first-order chi connectivity index (χ1) is 15.4. The molecule has 3 heterocycles. The van der Waals surface area contributed by atoms with Crippen LogP contribution in [0.1, 0.15) is 23.5 Å². The minimum absolute atomic E-state index is 0.102. The summed E-state index contributed by atoms with van der Waals surface area (Å²) >= 11 is 0. The maximum Gasteiger partial charge on any atom is 0.573 e. The van der Waals surface area contributed by atoms with Crippen LogP contribution in [0.5, 0.6) is 5.75 Å². The lowest BCUT2D eigenvalue weighted by Gasteiger charge is -2.27. The van der Waals surface area contributed by atoms with E-state index in [1.807, 2.05) is 6.07 Å². The fourth-order valence-electron chi connectivity index (χ4n) is 3.04. The number of carbonyl (C=O) groups is 1. The molecule has 1 radical (unpaired) electrons. The van der Waals surface area contributed by atoms with Crippen LogP contribution in [0.2, 0.25) is 0 Å². The smallest absolute Gasteiger partial charge is 0.406 e. The van der Waals surface area contributed by atoms with Gasteiger partial charge in [-0.05, 0) is 55.7 Å². The van der Waals surface area contributed by atoms with Crippen molar-refractivity contribution < 1.29 is 27.1 Å². The minimum atomic E-state index is -4.77. The number of anilines is 4. The highest BCUT2D eigenvalue weighted by Crippen LogP contribution is 2.25. The van der Waals surface area contributed by atoms with E-state index in [0.717, 1.165) is 43.9 Å². The molecule has 1 aliphatic heterocycles. The predicted octanol–water partition coefficient (Wildman–Crippen LogP) is 4.16. The van der Waals surface area contributed by atoms with Gasteiger partial charge < -0.3 is 24.7 Å². The van der Waals surface area contributed by atoms with Gasteiger partial charge in [0.1, 0.15) is 11.6 Å². The summed E-state index contributed by atoms with van der Waals surface area (Å²) in [4.78, 5) is 18.9. The molecule has 32 heavy (non-hydrogen) atoms. The molecule has 1 amide bonds. The molecule has 4 rings (SSSR count). The van der Waals surface area contributed by atoms with Gasteiger partial charge >= 0.3 is 24.2 Å². The summed E-state index contributed by atoms with van der Waals surface area (Å²) in [6, 6.07) is 8.37. The summed E-state index contributed by atoms with van der Waals surface area (Å²) in [6.07, 6.45) is 1.05. The summed E-state index contributed by atoms with van der Waals surface area (Å²) in [5.74, 6) is -0.444. The minimum Gasteiger partial charge on any atom is -0.406 e. The summed E-state index contributed by atoms with van der Waals surface area (Å²) in [6.45, 7) is 1.82. The topological polar surface area (TPSA) is 105 Å². The van der Waals surface area contributed by atoms with Crippen molar-refractivity contribution >= 4 is 29.1 Å². The van der Waals surface area contributed by atoms with Crippen LogP contribution in [0.4, 0.5) is 36.4 Å². The average molecular weight is 447 g/mol. The second-order valence-electron chi connectivity index (χ2n) is 6.82. The molecule has 167 valence electrons. The number of amides is 1. The third-order valence-corrected chi connectivity index (χ3v) is 4.49. The Morgan fingerprint density at radius 1 is 1.03 bits per heavy atom. The predicted molar refractivity (Wildman–Crippen MR) is 109 cm³/mol. The standard InChI is InChI=1S/C20H18F3N6O3/c21-20(22,23)32-15-7-4-13(5-8-15)26-19-28-27-18(31-19)17(30)25-14-6-9-16(24-12-14)29-10-2-1-3-11-29/h1,4-9,12H,2-3,10-11H2,(H,25,30)(H,26,28). The van der Waals surface area contributed by atoms with E-state index in [4.69, 9.17) is 4.42 Å². The van der Waals surface area contributed by atoms with E-state index in [1.165, 1.54) is 12.1 Å². The molecule has 2 aromatic heterocycles. The van der Waals surface area contributed by atoms with Gasteiger partial charge in [0, 0.05) is 18.8 Å². The Bertz CT molecular complexity index is 1050. The van der Waals surface area contributed by atoms with Crippen molar-refractivity contribution in [3.63, 3.8) is 0 Å². The molecule has 2 N–H and O–H groups in total. The molecule has 12 heteroatoms. The van der Waals surface area contributed by atoms with Crippen molar-refractivity contribution in [3.05, 3.63) is 54.9 Å². The van der Waals surface area contributed by atoms with Gasteiger partial charge in [-0.25, -0.2) is 4.98 Å². The number of nitrogens with zero attached hydrogens (tertiary/aromatic N) is 4. The molecule has 0 unspecified atom stereocenters. The van der Waals surface area contributed by atoms with E-state index >= 15 is 0 Å². The number of benzene rings is 1. The highest BCUT2D eigenvalue weighted by atomic mass is 19.4. The molecular weight excluding hydrogens is 429 g/mol. The van der Waals surface area contributed by atoms with Gasteiger partial charge in [0.15, 0.2) is 0 Å². The molecule has 0 aliphatic carbocycles. The van der Waals surface area contributed by atoms with Gasteiger partial charge in [0.25, 0.3) is 0 Å². The average Bonchev–Trinajstić information content (AvgIpc) is 3.24. The number of hydrogen-bond donors (Lipinski definition) is 2. The van der Waals surface area contributed by atoms with Crippen LogP contribution >= 0.6 is 0 Å². The second kappa shape index (κ2) is 9.12. The first-order valence-electron chi connectivity index (χ1n) is 9.66. The largest absolute Gasteiger partial charge is 0.573 e. The molecule has 0 bridgehead atoms. The number of pyridine rings is 1. The first kappa shape index (κ1) is 21.4. The van der Waals surface area contributed by atoms with Crippen LogP contribution in [-0.2, 0) is 0 Å². The number of aromatic nitrogens is 3. The Kier molecular flexibility index (Phi) is 6.10. The molecule has 0 saturated carbocycles. The molecule has 3 aromatic rings. The van der Waals surface area contributed by atoms with Crippen LogP contribution < -0.4 is 20.3 Å². The Labute approximate surface area is 180 Å². The van der Waals surface area contributed by atoms with E-state index < -0.39 is 12.3 Å². The Hall–Kier alpha value is -3.83. The molecule has 1 saturated heterocycles. The number of ether oxygens (including phenoxy) is 1. The third-order valence-electron chi connectivity index (χ3n) is 4.49. The molecule has 0 spiro atoms. The fourth-order valence-corrected chi connectivity index (χ4v) is 3.04. The normalized spacial score (nSPS) is 14.2. The number of rotatable bonds is 6. The number of alkyl halides is 3. The Morgan fingerprint density at radius 2 is 1.75 bits per heavy atom. The highest BCUT2D eigenvalue weighted by Gasteiger charge is 2.31. The lowest BCUT2D eigenvalue weighted by Crippen LogP contribution is -2.30. The van der Waals surface area contributed by atoms with E-state index in [9.17, 15) is 18.0 Å². The van der Waals surface area contributed by atoms with Gasteiger partial charge in [-0.2, -0.15) is 0 Å². The van der Waals surface area contributed by atoms with E-state index in [-0.39, 0.29) is 17.7 Å². The number of hydrogen-bond acceptors (Lipinski definition) is 8. The van der Waals surface area contributed by atoms with Gasteiger partial charge in [0.05, 0.1) is 11.9 Å². The van der Waals surface area contributed by atoms with Crippen LogP contribution in [0, 0.1) is 6.42 Å². The highest BCUT2D eigenvalue weighted by molar-refractivity contribution is 6.00. The Balaban J connectivity index is 1.33. The van der Waals surface area contributed by atoms with E-state index in [1.54, 1.807) is 12.3 Å². The van der Waals surface area contributed by atoms with Crippen LogP contribution in [-0.4, -0.2) is 40.5 Å². The zero-order valence-corrected chi connectivity index (χ0v) is 16.6. The van der Waals surface area contributed by atoms with Crippen molar-refractivity contribution in [2.24, 2.45) is 0 Å². The SMILES string of the molecule is O=C(Nc1ccc(N2CC[CH]CC2)nc1)c1nnc(Nc2ccc(OC(F)(F)F)cc2)o1. The molecule has 0 atom stereocenters. The van der Waals surface area contributed by atoms with Crippen molar-refractivity contribution in [1.82, 2.24) is 15.2 Å². The van der Waals surface area contributed by atoms with Gasteiger partial charge in [-0.1, -0.05) is 5.10 Å². The number of nitrogens with one attached hydrogen (secondary N) is 2. The van der Waals surface area contributed by atoms with Crippen LogP contribution in [0.15, 0.2) is 47.0 Å². The second-order valence-corrected chi connectivity index (χ2v) is 6.82. The fraction of sp³-hybridized carbons (Fsp3) is 0.250. The lowest BCUT2D eigenvalue weighted by molar-refractivity contribution is -0.274. The van der Waals surface area contributed by atoms with Gasteiger partial charge in [0.2, 0.25) is 0 Å². The number of carbonyl (C=O) groups excluding carboxylic acids is 1. The van der Waals surface area contributed by atoms with E-state index in [0.29, 0.717) is 11.4 Å². The van der Waals surface area contributed by atoms with Crippen molar-refractivity contribution in [3.8, 4) is 5.75 Å². The summed E-state index contributed by atoms with van der Waals surface area (Å²) in [7, 11) is 0. The van der Waals surface area contributed by atoms with Crippen molar-refractivity contribution in [1.29, 1.82) is 0 Å². The zero-order chi connectivity index (χ0) is 22.6. The van der Waals surface area contributed by atoms with E-state index in [2.05, 4.69) is 41.9 Å². The number of halogens is 3. The van der Waals surface area contributed by atoms with Gasteiger partial charge in [-0.15, -0.1) is 18.3 Å². The summed E-state index contributed by atoms with van der Waals surface area (Å²) in [5, 5.41) is 12.7. The molecule has 1 aliphatic rings. The third kappa shape index (κ3) is 5.65. The van der Waals surface area contributed by atoms with Crippen LogP contribution in [0.3, 0.4) is 0 Å². The molecule has 1 aromatic carbocycles. The Morgan fingerprint density at radius 3 is 2.41 bits per heavy atom. The lowest BCUT2D eigenvalue weighted by atomic mass is 10.1. The molecular formula is C20H18F3N6O3. The summed E-state index contributed by atoms with van der Waals surface area (Å²) in [5.41, 5.74) is 0.834.